The zero-order chi connectivity index (χ0) is 30.5. The van der Waals surface area contributed by atoms with Crippen molar-refractivity contribution in [3.63, 3.8) is 0 Å². The van der Waals surface area contributed by atoms with E-state index in [1.54, 1.807) is 0 Å². The number of carbonyl (C=O) groups excluding carboxylic acids is 2. The van der Waals surface area contributed by atoms with Gasteiger partial charge in [-0.1, -0.05) is 84.5 Å². The van der Waals surface area contributed by atoms with E-state index >= 15 is 0 Å². The lowest BCUT2D eigenvalue weighted by molar-refractivity contribution is -0.118. The highest BCUT2D eigenvalue weighted by molar-refractivity contribution is 5.94. The van der Waals surface area contributed by atoms with Crippen LogP contribution in [0.5, 0.6) is 0 Å². The lowest BCUT2D eigenvalue weighted by Crippen LogP contribution is -2.25. The Balaban J connectivity index is 1.15. The number of fused-ring (bicyclic) bond motifs is 2. The van der Waals surface area contributed by atoms with E-state index in [4.69, 9.17) is 0 Å². The quantitative estimate of drug-likeness (QED) is 0.276. The van der Waals surface area contributed by atoms with Crippen molar-refractivity contribution in [2.75, 3.05) is 0 Å². The fourth-order valence-corrected chi connectivity index (χ4v) is 8.45. The molecule has 0 radical (unpaired) electrons. The fraction of sp³-hybridized carbons (Fsp3) is 0.487. The van der Waals surface area contributed by atoms with Crippen LogP contribution in [-0.2, 0) is 22.7 Å². The van der Waals surface area contributed by atoms with Crippen molar-refractivity contribution in [2.45, 2.75) is 73.4 Å². The van der Waals surface area contributed by atoms with Crippen LogP contribution in [0.3, 0.4) is 0 Å². The lowest BCUT2D eigenvalue weighted by Gasteiger charge is -2.16. The molecule has 0 aliphatic heterocycles. The zero-order valence-corrected chi connectivity index (χ0v) is 26.7. The van der Waals surface area contributed by atoms with Gasteiger partial charge in [-0.05, 0) is 119 Å². The Hall–Kier alpha value is -3.40. The third kappa shape index (κ3) is 7.06. The molecule has 4 nitrogen and oxygen atoms in total. The normalized spacial score (nSPS) is 31.4. The standard InChI is InChI=1S/C39H50N2O2/c1-6-10-28-17-29(11-7-2)35-20-32(19-34(28)35)38(42)40-23-26-13-9-14-27(16-26)24-41-39(43)33-21-36-30(12-8-3)18-31(15-25(4)5)37(36)22-33/h6-16,19,22,28-31,34-37H,17-18,20-21,23-24H2,1-5H3,(H,40,42)(H,41,43)/b10-6+,11-7+,12-8+. The van der Waals surface area contributed by atoms with Gasteiger partial charge in [-0.15, -0.1) is 0 Å². The van der Waals surface area contributed by atoms with Crippen LogP contribution in [0.4, 0.5) is 0 Å². The van der Waals surface area contributed by atoms with Crippen LogP contribution >= 0.6 is 0 Å². The maximum atomic E-state index is 13.2. The largest absolute Gasteiger partial charge is 0.348 e. The van der Waals surface area contributed by atoms with Crippen molar-refractivity contribution in [3.05, 3.63) is 107 Å². The van der Waals surface area contributed by atoms with Crippen LogP contribution in [0.25, 0.3) is 0 Å². The van der Waals surface area contributed by atoms with Crippen LogP contribution in [0.1, 0.15) is 71.4 Å². The van der Waals surface area contributed by atoms with Crippen molar-refractivity contribution in [3.8, 4) is 0 Å². The average molecular weight is 579 g/mol. The Kier molecular flexibility index (Phi) is 10.1. The third-order valence-corrected chi connectivity index (χ3v) is 10.2. The molecule has 4 aliphatic rings. The number of allylic oxidation sites excluding steroid dienone is 10. The van der Waals surface area contributed by atoms with E-state index in [0.29, 0.717) is 60.4 Å². The van der Waals surface area contributed by atoms with Gasteiger partial charge in [0.2, 0.25) is 11.8 Å². The summed E-state index contributed by atoms with van der Waals surface area (Å²) in [5.74, 6) is 4.13. The molecule has 0 saturated heterocycles. The molecule has 4 aliphatic carbocycles. The van der Waals surface area contributed by atoms with Crippen molar-refractivity contribution in [1.82, 2.24) is 10.6 Å². The summed E-state index contributed by atoms with van der Waals surface area (Å²) in [6, 6.07) is 8.18. The minimum Gasteiger partial charge on any atom is -0.348 e. The van der Waals surface area contributed by atoms with Gasteiger partial charge in [0.25, 0.3) is 0 Å². The van der Waals surface area contributed by atoms with E-state index in [-0.39, 0.29) is 11.8 Å². The van der Waals surface area contributed by atoms with E-state index in [0.717, 1.165) is 35.1 Å². The zero-order valence-electron chi connectivity index (χ0n) is 26.7. The fourth-order valence-electron chi connectivity index (χ4n) is 8.45. The summed E-state index contributed by atoms with van der Waals surface area (Å²) in [6.07, 6.45) is 24.4. The first-order valence-electron chi connectivity index (χ1n) is 16.4. The van der Waals surface area contributed by atoms with Gasteiger partial charge in [0.1, 0.15) is 0 Å². The van der Waals surface area contributed by atoms with Crippen molar-refractivity contribution < 1.29 is 9.59 Å². The monoisotopic (exact) mass is 578 g/mol. The van der Waals surface area contributed by atoms with Gasteiger partial charge in [-0.3, -0.25) is 9.59 Å². The van der Waals surface area contributed by atoms with Gasteiger partial charge >= 0.3 is 0 Å². The Morgan fingerprint density at radius 3 is 1.67 bits per heavy atom. The molecule has 0 bridgehead atoms. The molecule has 0 aromatic heterocycles. The Labute approximate surface area is 259 Å². The first-order chi connectivity index (χ1) is 20.8. The number of hydrogen-bond donors (Lipinski definition) is 2. The highest BCUT2D eigenvalue weighted by Crippen LogP contribution is 2.52. The van der Waals surface area contributed by atoms with Gasteiger partial charge in [-0.25, -0.2) is 0 Å². The molecule has 228 valence electrons. The number of carbonyl (C=O) groups is 2. The number of nitrogens with one attached hydrogen (secondary N) is 2. The van der Waals surface area contributed by atoms with Crippen LogP contribution in [-0.4, -0.2) is 11.8 Å². The molecule has 0 spiro atoms. The highest BCUT2D eigenvalue weighted by atomic mass is 16.2. The number of benzene rings is 1. The number of amides is 2. The summed E-state index contributed by atoms with van der Waals surface area (Å²) in [7, 11) is 0. The highest BCUT2D eigenvalue weighted by Gasteiger charge is 2.45. The lowest BCUT2D eigenvalue weighted by atomic mass is 9.89. The van der Waals surface area contributed by atoms with E-state index in [9.17, 15) is 9.59 Å². The summed E-state index contributed by atoms with van der Waals surface area (Å²) in [5.41, 5.74) is 5.31. The third-order valence-electron chi connectivity index (χ3n) is 10.2. The smallest absolute Gasteiger partial charge is 0.247 e. The van der Waals surface area contributed by atoms with E-state index < -0.39 is 0 Å². The Morgan fingerprint density at radius 1 is 0.721 bits per heavy atom. The van der Waals surface area contributed by atoms with Gasteiger partial charge in [0.05, 0.1) is 0 Å². The molecule has 1 aromatic rings. The second-order valence-electron chi connectivity index (χ2n) is 13.4. The second kappa shape index (κ2) is 13.9. The second-order valence-corrected chi connectivity index (χ2v) is 13.4. The van der Waals surface area contributed by atoms with Crippen LogP contribution in [0.2, 0.25) is 0 Å². The Bertz CT molecular complexity index is 1370. The predicted molar refractivity (Wildman–Crippen MR) is 177 cm³/mol. The minimum absolute atomic E-state index is 0.0490. The molecule has 8 atom stereocenters. The topological polar surface area (TPSA) is 58.2 Å². The van der Waals surface area contributed by atoms with Gasteiger partial charge < -0.3 is 10.6 Å². The molecular formula is C39H50N2O2. The Morgan fingerprint density at radius 2 is 1.19 bits per heavy atom. The van der Waals surface area contributed by atoms with Crippen LogP contribution in [0.15, 0.2) is 95.7 Å². The van der Waals surface area contributed by atoms with Crippen LogP contribution in [0, 0.1) is 47.3 Å². The molecule has 2 N–H and O–H groups in total. The van der Waals surface area contributed by atoms with Gasteiger partial charge in [0, 0.05) is 24.2 Å². The first-order valence-corrected chi connectivity index (χ1v) is 16.4. The summed E-state index contributed by atoms with van der Waals surface area (Å²) in [6.45, 7) is 11.6. The maximum absolute atomic E-state index is 13.2. The van der Waals surface area contributed by atoms with Crippen molar-refractivity contribution in [1.29, 1.82) is 0 Å². The molecule has 4 heteroatoms. The molecule has 43 heavy (non-hydrogen) atoms. The predicted octanol–water partition coefficient (Wildman–Crippen LogP) is 8.01. The molecule has 2 fully saturated rings. The molecule has 1 aromatic carbocycles. The number of rotatable bonds is 10. The molecular weight excluding hydrogens is 528 g/mol. The summed E-state index contributed by atoms with van der Waals surface area (Å²) < 4.78 is 0. The number of hydrogen-bond acceptors (Lipinski definition) is 2. The average Bonchev–Trinajstić information content (AvgIpc) is 3.75. The van der Waals surface area contributed by atoms with Gasteiger partial charge in [0.15, 0.2) is 0 Å². The summed E-state index contributed by atoms with van der Waals surface area (Å²) in [4.78, 5) is 26.4. The molecule has 5 rings (SSSR count). The van der Waals surface area contributed by atoms with E-state index in [1.807, 2.05) is 18.2 Å². The molecule has 2 saturated carbocycles. The van der Waals surface area contributed by atoms with Crippen LogP contribution < -0.4 is 10.6 Å². The van der Waals surface area contributed by atoms with Crippen molar-refractivity contribution >= 4 is 11.8 Å². The first kappa shape index (κ1) is 31.0. The molecule has 0 heterocycles. The minimum atomic E-state index is 0.0490. The van der Waals surface area contributed by atoms with E-state index in [2.05, 4.69) is 106 Å². The molecule has 8 unspecified atom stereocenters. The maximum Gasteiger partial charge on any atom is 0.247 e. The summed E-state index contributed by atoms with van der Waals surface area (Å²) >= 11 is 0. The summed E-state index contributed by atoms with van der Waals surface area (Å²) in [5, 5.41) is 6.34. The van der Waals surface area contributed by atoms with Crippen molar-refractivity contribution in [2.24, 2.45) is 47.3 Å². The van der Waals surface area contributed by atoms with E-state index in [1.165, 1.54) is 18.4 Å². The molecule has 2 amide bonds. The SMILES string of the molecule is C/C=C/C1CC(/C=C/C)C2CC(C(=O)NCc3cccc(CNC(=O)C4=CC5C(C=C(C)C)CC(/C=C/C)C5C4)c3)=CC12. The van der Waals surface area contributed by atoms with Gasteiger partial charge in [-0.2, -0.15) is 0 Å².